The second-order valence-corrected chi connectivity index (χ2v) is 3.20. The van der Waals surface area contributed by atoms with Crippen LogP contribution in [0.3, 0.4) is 0 Å². The van der Waals surface area contributed by atoms with Crippen molar-refractivity contribution in [3.63, 3.8) is 0 Å². The van der Waals surface area contributed by atoms with Gasteiger partial charge in [0.15, 0.2) is 0 Å². The van der Waals surface area contributed by atoms with Gasteiger partial charge >= 0.3 is 11.9 Å². The zero-order chi connectivity index (χ0) is 11.0. The van der Waals surface area contributed by atoms with Crippen molar-refractivity contribution in [2.45, 2.75) is 26.7 Å². The molecular formula is C10H16O4. The van der Waals surface area contributed by atoms with Gasteiger partial charge in [0.25, 0.3) is 0 Å². The summed E-state index contributed by atoms with van der Waals surface area (Å²) < 4.78 is 4.82. The zero-order valence-electron chi connectivity index (χ0n) is 8.53. The maximum Gasteiger partial charge on any atom is 0.331 e. The van der Waals surface area contributed by atoms with Crippen molar-refractivity contribution >= 4 is 11.9 Å². The van der Waals surface area contributed by atoms with Gasteiger partial charge in [0.2, 0.25) is 0 Å². The van der Waals surface area contributed by atoms with E-state index in [4.69, 9.17) is 9.84 Å². The van der Waals surface area contributed by atoms with Gasteiger partial charge in [-0.15, -0.1) is 0 Å². The fourth-order valence-electron chi connectivity index (χ4n) is 0.988. The van der Waals surface area contributed by atoms with Crippen LogP contribution >= 0.6 is 0 Å². The van der Waals surface area contributed by atoms with E-state index in [0.717, 1.165) is 25.0 Å². The molecule has 0 aliphatic rings. The average molecular weight is 200 g/mol. The Kier molecular flexibility index (Phi) is 6.45. The van der Waals surface area contributed by atoms with Crippen molar-refractivity contribution in [3.05, 3.63) is 12.2 Å². The summed E-state index contributed by atoms with van der Waals surface area (Å²) in [4.78, 5) is 20.9. The summed E-state index contributed by atoms with van der Waals surface area (Å²) >= 11 is 0. The molecule has 0 saturated carbocycles. The van der Waals surface area contributed by atoms with Crippen LogP contribution in [-0.2, 0) is 14.3 Å². The summed E-state index contributed by atoms with van der Waals surface area (Å²) in [6, 6.07) is 0. The minimum absolute atomic E-state index is 0.321. The van der Waals surface area contributed by atoms with Crippen LogP contribution in [0.4, 0.5) is 0 Å². The highest BCUT2D eigenvalue weighted by Gasteiger charge is 2.04. The average Bonchev–Trinajstić information content (AvgIpc) is 2.12. The molecule has 0 rings (SSSR count). The summed E-state index contributed by atoms with van der Waals surface area (Å²) in [6.07, 6.45) is 3.73. The minimum atomic E-state index is -1.15. The van der Waals surface area contributed by atoms with Gasteiger partial charge in [-0.2, -0.15) is 0 Å². The number of carbonyl (C=O) groups is 2. The molecule has 0 amide bonds. The first kappa shape index (κ1) is 12.7. The molecule has 1 atom stereocenters. The summed E-state index contributed by atoms with van der Waals surface area (Å²) in [5.74, 6) is -1.43. The largest absolute Gasteiger partial charge is 0.478 e. The predicted octanol–water partition coefficient (Wildman–Crippen LogP) is 1.61. The molecule has 14 heavy (non-hydrogen) atoms. The van der Waals surface area contributed by atoms with Crippen LogP contribution in [-0.4, -0.2) is 23.7 Å². The second kappa shape index (κ2) is 7.12. The fourth-order valence-corrected chi connectivity index (χ4v) is 0.988. The topological polar surface area (TPSA) is 63.6 Å². The van der Waals surface area contributed by atoms with Crippen molar-refractivity contribution in [1.29, 1.82) is 0 Å². The van der Waals surface area contributed by atoms with E-state index in [2.05, 4.69) is 6.92 Å². The van der Waals surface area contributed by atoms with Gasteiger partial charge in [-0.25, -0.2) is 9.59 Å². The zero-order valence-corrected chi connectivity index (χ0v) is 8.53. The van der Waals surface area contributed by atoms with Gasteiger partial charge < -0.3 is 9.84 Å². The van der Waals surface area contributed by atoms with Crippen LogP contribution in [0.15, 0.2) is 12.2 Å². The Bertz CT molecular complexity index is 220. The number of hydrogen-bond acceptors (Lipinski definition) is 3. The van der Waals surface area contributed by atoms with E-state index in [1.807, 2.05) is 6.92 Å². The van der Waals surface area contributed by atoms with E-state index in [1.54, 1.807) is 0 Å². The van der Waals surface area contributed by atoms with Crippen molar-refractivity contribution in [3.8, 4) is 0 Å². The summed E-state index contributed by atoms with van der Waals surface area (Å²) in [7, 11) is 0. The number of carbonyl (C=O) groups excluding carboxylic acids is 1. The third kappa shape index (κ3) is 7.34. The number of hydrogen-bond donors (Lipinski definition) is 1. The lowest BCUT2D eigenvalue weighted by Crippen LogP contribution is -2.10. The van der Waals surface area contributed by atoms with Crippen molar-refractivity contribution in [1.82, 2.24) is 0 Å². The Hall–Kier alpha value is -1.32. The highest BCUT2D eigenvalue weighted by atomic mass is 16.5. The van der Waals surface area contributed by atoms with Crippen molar-refractivity contribution in [2.24, 2.45) is 5.92 Å². The lowest BCUT2D eigenvalue weighted by molar-refractivity contribution is -0.139. The first-order chi connectivity index (χ1) is 6.56. The van der Waals surface area contributed by atoms with Gasteiger partial charge in [-0.1, -0.05) is 20.3 Å². The lowest BCUT2D eigenvalue weighted by atomic mass is 10.1. The minimum Gasteiger partial charge on any atom is -0.478 e. The predicted molar refractivity (Wildman–Crippen MR) is 51.8 cm³/mol. The van der Waals surface area contributed by atoms with Crippen molar-refractivity contribution < 1.29 is 19.4 Å². The number of carboxylic acids is 1. The second-order valence-electron chi connectivity index (χ2n) is 3.20. The molecule has 0 fully saturated rings. The van der Waals surface area contributed by atoms with Crippen LogP contribution in [0.25, 0.3) is 0 Å². The smallest absolute Gasteiger partial charge is 0.331 e. The van der Waals surface area contributed by atoms with Crippen LogP contribution in [0.1, 0.15) is 26.7 Å². The van der Waals surface area contributed by atoms with Gasteiger partial charge in [-0.05, 0) is 12.3 Å². The molecule has 0 aromatic heterocycles. The molecule has 1 N–H and O–H groups in total. The first-order valence-electron chi connectivity index (χ1n) is 4.64. The van der Waals surface area contributed by atoms with Crippen LogP contribution in [0, 0.1) is 5.92 Å². The number of aliphatic carboxylic acids is 1. The Morgan fingerprint density at radius 2 is 2.07 bits per heavy atom. The van der Waals surface area contributed by atoms with E-state index in [0.29, 0.717) is 12.5 Å². The molecule has 0 radical (unpaired) electrons. The van der Waals surface area contributed by atoms with E-state index in [-0.39, 0.29) is 0 Å². The molecule has 0 spiro atoms. The molecule has 0 heterocycles. The molecule has 0 aromatic carbocycles. The van der Waals surface area contributed by atoms with Crippen LogP contribution in [0.2, 0.25) is 0 Å². The maximum atomic E-state index is 10.9. The number of carboxylic acid groups (broad SMARTS) is 1. The first-order valence-corrected chi connectivity index (χ1v) is 4.64. The quantitative estimate of drug-likeness (QED) is 0.522. The van der Waals surface area contributed by atoms with Crippen LogP contribution in [0.5, 0.6) is 0 Å². The normalized spacial score (nSPS) is 12.7. The van der Waals surface area contributed by atoms with E-state index in [9.17, 15) is 9.59 Å². The van der Waals surface area contributed by atoms with E-state index in [1.165, 1.54) is 0 Å². The molecule has 80 valence electrons. The molecular weight excluding hydrogens is 184 g/mol. The third-order valence-corrected chi connectivity index (χ3v) is 1.65. The monoisotopic (exact) mass is 200 g/mol. The molecule has 0 bridgehead atoms. The fraction of sp³-hybridized carbons (Fsp3) is 0.600. The van der Waals surface area contributed by atoms with Gasteiger partial charge in [0.1, 0.15) is 0 Å². The van der Waals surface area contributed by atoms with E-state index < -0.39 is 11.9 Å². The lowest BCUT2D eigenvalue weighted by Gasteiger charge is -2.08. The standard InChI is InChI=1S/C10H16O4/c1-3-4-8(2)7-14-10(13)6-5-9(11)12/h5-6,8H,3-4,7H2,1-2H3,(H,11,12). The third-order valence-electron chi connectivity index (χ3n) is 1.65. The highest BCUT2D eigenvalue weighted by Crippen LogP contribution is 2.05. The molecule has 0 aliphatic carbocycles. The Morgan fingerprint density at radius 3 is 2.57 bits per heavy atom. The summed E-state index contributed by atoms with van der Waals surface area (Å²) in [5, 5.41) is 8.23. The molecule has 0 aromatic rings. The summed E-state index contributed by atoms with van der Waals surface area (Å²) in [6.45, 7) is 4.39. The highest BCUT2D eigenvalue weighted by molar-refractivity contribution is 5.90. The molecule has 1 unspecified atom stereocenters. The number of ether oxygens (including phenoxy) is 1. The van der Waals surface area contributed by atoms with Gasteiger partial charge in [0.05, 0.1) is 6.61 Å². The number of esters is 1. The SMILES string of the molecule is CCCC(C)COC(=O)C=CC(=O)O. The van der Waals surface area contributed by atoms with Crippen molar-refractivity contribution in [2.75, 3.05) is 6.61 Å². The Morgan fingerprint density at radius 1 is 1.43 bits per heavy atom. The molecule has 0 aliphatic heterocycles. The van der Waals surface area contributed by atoms with E-state index >= 15 is 0 Å². The Balaban J connectivity index is 3.68. The Labute approximate surface area is 83.6 Å². The van der Waals surface area contributed by atoms with Gasteiger partial charge in [-0.3, -0.25) is 0 Å². The molecule has 4 heteroatoms. The molecule has 0 saturated heterocycles. The number of rotatable bonds is 6. The summed E-state index contributed by atoms with van der Waals surface area (Å²) in [5.41, 5.74) is 0. The molecule has 4 nitrogen and oxygen atoms in total. The van der Waals surface area contributed by atoms with Crippen LogP contribution < -0.4 is 0 Å². The maximum absolute atomic E-state index is 10.9. The van der Waals surface area contributed by atoms with Gasteiger partial charge in [0, 0.05) is 12.2 Å².